The number of benzene rings is 1. The lowest BCUT2D eigenvalue weighted by atomic mass is 10.3. The highest BCUT2D eigenvalue weighted by atomic mass is 19.1. The van der Waals surface area contributed by atoms with E-state index in [1.54, 1.807) is 0 Å². The maximum Gasteiger partial charge on any atom is 0.305 e. The molecule has 0 aromatic heterocycles. The Balaban J connectivity index is 2.14. The van der Waals surface area contributed by atoms with Crippen LogP contribution in [0.3, 0.4) is 0 Å². The molecule has 1 aromatic rings. The van der Waals surface area contributed by atoms with E-state index in [0.29, 0.717) is 18.7 Å². The molecule has 0 atom stereocenters. The Morgan fingerprint density at radius 2 is 1.95 bits per heavy atom. The van der Waals surface area contributed by atoms with Crippen molar-refractivity contribution in [2.24, 2.45) is 0 Å². The van der Waals surface area contributed by atoms with E-state index in [1.807, 2.05) is 0 Å². The zero-order chi connectivity index (χ0) is 14.1. The van der Waals surface area contributed by atoms with Crippen molar-refractivity contribution < 1.29 is 23.5 Å². The quantitative estimate of drug-likeness (QED) is 0.598. The molecule has 1 N–H and O–H groups in total. The Bertz CT molecular complexity index is 419. The van der Waals surface area contributed by atoms with E-state index in [-0.39, 0.29) is 30.7 Å². The van der Waals surface area contributed by atoms with Gasteiger partial charge in [0.1, 0.15) is 11.6 Å². The summed E-state index contributed by atoms with van der Waals surface area (Å²) in [6.07, 6.45) is 0.768. The van der Waals surface area contributed by atoms with Crippen molar-refractivity contribution in [2.75, 3.05) is 20.3 Å². The first-order chi connectivity index (χ1) is 9.11. The van der Waals surface area contributed by atoms with E-state index in [1.165, 1.54) is 31.4 Å². The molecule has 0 fully saturated rings. The second kappa shape index (κ2) is 8.07. The third kappa shape index (κ3) is 6.40. The Morgan fingerprint density at radius 1 is 1.26 bits per heavy atom. The minimum Gasteiger partial charge on any atom is -0.484 e. The van der Waals surface area contributed by atoms with E-state index in [0.717, 1.165) is 0 Å². The molecule has 0 heterocycles. The molecule has 1 aromatic carbocycles. The van der Waals surface area contributed by atoms with Gasteiger partial charge in [0.05, 0.1) is 7.11 Å². The van der Waals surface area contributed by atoms with Gasteiger partial charge in [-0.3, -0.25) is 9.59 Å². The van der Waals surface area contributed by atoms with E-state index < -0.39 is 0 Å². The highest BCUT2D eigenvalue weighted by Crippen LogP contribution is 2.10. The summed E-state index contributed by atoms with van der Waals surface area (Å²) < 4.78 is 22.2. The summed E-state index contributed by atoms with van der Waals surface area (Å²) in [4.78, 5) is 22.2. The van der Waals surface area contributed by atoms with E-state index in [9.17, 15) is 14.0 Å². The summed E-state index contributed by atoms with van der Waals surface area (Å²) in [6.45, 7) is 0.227. The highest BCUT2D eigenvalue weighted by molar-refractivity contribution is 5.77. The summed E-state index contributed by atoms with van der Waals surface area (Å²) in [5, 5.41) is 2.60. The number of hydrogen-bond acceptors (Lipinski definition) is 4. The first-order valence-electron chi connectivity index (χ1n) is 5.83. The molecule has 1 rings (SSSR count). The van der Waals surface area contributed by atoms with Crippen molar-refractivity contribution in [2.45, 2.75) is 12.8 Å². The second-order valence-corrected chi connectivity index (χ2v) is 3.77. The van der Waals surface area contributed by atoms with Gasteiger partial charge in [0.15, 0.2) is 6.61 Å². The molecular weight excluding hydrogens is 253 g/mol. The molecule has 0 aliphatic heterocycles. The van der Waals surface area contributed by atoms with Crippen molar-refractivity contribution in [3.63, 3.8) is 0 Å². The van der Waals surface area contributed by atoms with Gasteiger partial charge in [-0.05, 0) is 30.7 Å². The van der Waals surface area contributed by atoms with Gasteiger partial charge in [0, 0.05) is 13.0 Å². The predicted octanol–water partition coefficient (Wildman–Crippen LogP) is 1.27. The van der Waals surface area contributed by atoms with E-state index in [2.05, 4.69) is 10.1 Å². The number of carbonyl (C=O) groups excluding carboxylic acids is 2. The summed E-state index contributed by atoms with van der Waals surface area (Å²) in [5.41, 5.74) is 0. The minimum absolute atomic E-state index is 0.149. The number of rotatable bonds is 7. The molecule has 0 spiro atoms. The van der Waals surface area contributed by atoms with Crippen LogP contribution in [0.1, 0.15) is 12.8 Å². The maximum absolute atomic E-state index is 12.6. The monoisotopic (exact) mass is 269 g/mol. The van der Waals surface area contributed by atoms with Crippen LogP contribution in [0.2, 0.25) is 0 Å². The average Bonchev–Trinajstić information content (AvgIpc) is 2.42. The third-order valence-corrected chi connectivity index (χ3v) is 2.29. The van der Waals surface area contributed by atoms with Crippen LogP contribution in [0.15, 0.2) is 24.3 Å². The number of ether oxygens (including phenoxy) is 2. The molecule has 1 amide bonds. The van der Waals surface area contributed by atoms with Crippen molar-refractivity contribution in [1.29, 1.82) is 0 Å². The first kappa shape index (κ1) is 14.9. The van der Waals surface area contributed by atoms with Crippen LogP contribution in [0.4, 0.5) is 4.39 Å². The SMILES string of the molecule is COC(=O)CCCNC(=O)COc1ccc(F)cc1. The average molecular weight is 269 g/mol. The van der Waals surface area contributed by atoms with Crippen molar-refractivity contribution in [3.05, 3.63) is 30.1 Å². The summed E-state index contributed by atoms with van der Waals surface area (Å²) in [7, 11) is 1.32. The Kier molecular flexibility index (Phi) is 6.35. The largest absolute Gasteiger partial charge is 0.484 e. The van der Waals surface area contributed by atoms with Gasteiger partial charge in [0.25, 0.3) is 5.91 Å². The van der Waals surface area contributed by atoms with E-state index in [4.69, 9.17) is 4.74 Å². The lowest BCUT2D eigenvalue weighted by Crippen LogP contribution is -2.30. The fourth-order valence-corrected chi connectivity index (χ4v) is 1.29. The number of amides is 1. The molecule has 5 nitrogen and oxygen atoms in total. The number of esters is 1. The summed E-state index contributed by atoms with van der Waals surface area (Å²) >= 11 is 0. The molecular formula is C13H16FNO4. The summed E-state index contributed by atoms with van der Waals surface area (Å²) in [6, 6.07) is 5.40. The Hall–Kier alpha value is -2.11. The lowest BCUT2D eigenvalue weighted by Gasteiger charge is -2.07. The smallest absolute Gasteiger partial charge is 0.305 e. The normalized spacial score (nSPS) is 9.79. The first-order valence-corrected chi connectivity index (χ1v) is 5.83. The van der Waals surface area contributed by atoms with Crippen LogP contribution < -0.4 is 10.1 Å². The second-order valence-electron chi connectivity index (χ2n) is 3.77. The van der Waals surface area contributed by atoms with Gasteiger partial charge in [0.2, 0.25) is 0 Å². The fraction of sp³-hybridized carbons (Fsp3) is 0.385. The van der Waals surface area contributed by atoms with Crippen molar-refractivity contribution in [1.82, 2.24) is 5.32 Å². The standard InChI is InChI=1S/C13H16FNO4/c1-18-13(17)3-2-8-15-12(16)9-19-11-6-4-10(14)5-7-11/h4-7H,2-3,8-9H2,1H3,(H,15,16). The topological polar surface area (TPSA) is 64.6 Å². The van der Waals surface area contributed by atoms with Gasteiger partial charge >= 0.3 is 5.97 Å². The molecule has 19 heavy (non-hydrogen) atoms. The van der Waals surface area contributed by atoms with Crippen LogP contribution in [0, 0.1) is 5.82 Å². The van der Waals surface area contributed by atoms with Crippen LogP contribution in [0.5, 0.6) is 5.75 Å². The van der Waals surface area contributed by atoms with Gasteiger partial charge in [-0.1, -0.05) is 0 Å². The fourth-order valence-electron chi connectivity index (χ4n) is 1.29. The van der Waals surface area contributed by atoms with Crippen molar-refractivity contribution in [3.8, 4) is 5.75 Å². The number of hydrogen-bond donors (Lipinski definition) is 1. The molecule has 104 valence electrons. The maximum atomic E-state index is 12.6. The van der Waals surface area contributed by atoms with Crippen LogP contribution in [-0.2, 0) is 14.3 Å². The van der Waals surface area contributed by atoms with Gasteiger partial charge in [-0.25, -0.2) is 4.39 Å². The Morgan fingerprint density at radius 3 is 2.58 bits per heavy atom. The predicted molar refractivity (Wildman–Crippen MR) is 66.2 cm³/mol. The molecule has 0 aliphatic carbocycles. The molecule has 0 aliphatic rings. The van der Waals surface area contributed by atoms with Gasteiger partial charge in [-0.15, -0.1) is 0 Å². The number of carbonyl (C=O) groups is 2. The number of nitrogens with one attached hydrogen (secondary N) is 1. The zero-order valence-corrected chi connectivity index (χ0v) is 10.6. The summed E-state index contributed by atoms with van der Waals surface area (Å²) in [5.74, 6) is -0.545. The lowest BCUT2D eigenvalue weighted by molar-refractivity contribution is -0.140. The minimum atomic E-state index is -0.361. The highest BCUT2D eigenvalue weighted by Gasteiger charge is 2.04. The number of methoxy groups -OCH3 is 1. The zero-order valence-electron chi connectivity index (χ0n) is 10.6. The van der Waals surface area contributed by atoms with Crippen LogP contribution in [-0.4, -0.2) is 32.1 Å². The Labute approximate surface area is 110 Å². The van der Waals surface area contributed by atoms with E-state index >= 15 is 0 Å². The van der Waals surface area contributed by atoms with Crippen LogP contribution in [0.25, 0.3) is 0 Å². The van der Waals surface area contributed by atoms with Gasteiger partial charge < -0.3 is 14.8 Å². The molecule has 0 radical (unpaired) electrons. The number of halogens is 1. The third-order valence-electron chi connectivity index (χ3n) is 2.29. The van der Waals surface area contributed by atoms with Gasteiger partial charge in [-0.2, -0.15) is 0 Å². The van der Waals surface area contributed by atoms with Crippen LogP contribution >= 0.6 is 0 Å². The molecule has 0 unspecified atom stereocenters. The molecule has 0 saturated heterocycles. The molecule has 0 saturated carbocycles. The molecule has 6 heteroatoms. The molecule has 0 bridgehead atoms. The van der Waals surface area contributed by atoms with Crippen molar-refractivity contribution >= 4 is 11.9 Å².